The van der Waals surface area contributed by atoms with Crippen molar-refractivity contribution in [2.75, 3.05) is 26.2 Å². The monoisotopic (exact) mass is 346 g/mol. The summed E-state index contributed by atoms with van der Waals surface area (Å²) >= 11 is 0. The minimum absolute atomic E-state index is 0.00275. The number of furan rings is 1. The molecule has 3 heterocycles. The molecule has 0 radical (unpaired) electrons. The van der Waals surface area contributed by atoms with Crippen LogP contribution >= 0.6 is 0 Å². The van der Waals surface area contributed by atoms with Crippen molar-refractivity contribution in [3.63, 3.8) is 0 Å². The van der Waals surface area contributed by atoms with Crippen LogP contribution in [0.2, 0.25) is 0 Å². The number of likely N-dealkylation sites (tertiary alicyclic amines) is 2. The third-order valence-corrected chi connectivity index (χ3v) is 5.26. The average molecular weight is 346 g/mol. The van der Waals surface area contributed by atoms with Crippen molar-refractivity contribution >= 4 is 11.8 Å². The number of piperidine rings is 1. The first-order chi connectivity index (χ1) is 11.9. The molecule has 1 aromatic heterocycles. The predicted octanol–water partition coefficient (Wildman–Crippen LogP) is 2.19. The van der Waals surface area contributed by atoms with Gasteiger partial charge in [0.2, 0.25) is 5.91 Å². The van der Waals surface area contributed by atoms with Gasteiger partial charge in [0.25, 0.3) is 5.91 Å². The molecule has 0 bridgehead atoms. The van der Waals surface area contributed by atoms with Crippen molar-refractivity contribution in [1.82, 2.24) is 9.80 Å². The van der Waals surface area contributed by atoms with Gasteiger partial charge in [0.05, 0.1) is 0 Å². The Bertz CT molecular complexity index is 679. The zero-order valence-corrected chi connectivity index (χ0v) is 15.0. The summed E-state index contributed by atoms with van der Waals surface area (Å²) in [5, 5.41) is 9.05. The Hall–Kier alpha value is -2.08. The van der Waals surface area contributed by atoms with Crippen LogP contribution in [0, 0.1) is 5.41 Å². The number of carbonyl (C=O) groups is 2. The molecule has 0 aliphatic carbocycles. The minimum Gasteiger partial charge on any atom is -0.453 e. The highest BCUT2D eigenvalue weighted by molar-refractivity contribution is 5.91. The van der Waals surface area contributed by atoms with Crippen LogP contribution in [0.25, 0.3) is 0 Å². The molecule has 2 amide bonds. The summed E-state index contributed by atoms with van der Waals surface area (Å²) in [6.07, 6.45) is 4.35. The largest absolute Gasteiger partial charge is 0.453 e. The molecule has 2 aliphatic heterocycles. The molecule has 1 aromatic rings. The van der Waals surface area contributed by atoms with Crippen molar-refractivity contribution < 1.29 is 19.1 Å². The van der Waals surface area contributed by atoms with E-state index in [1.165, 1.54) is 5.57 Å². The first-order valence-corrected chi connectivity index (χ1v) is 8.82. The van der Waals surface area contributed by atoms with E-state index in [1.807, 2.05) is 18.7 Å². The summed E-state index contributed by atoms with van der Waals surface area (Å²) in [5.74, 6) is 0.747. The van der Waals surface area contributed by atoms with E-state index in [2.05, 4.69) is 6.08 Å². The summed E-state index contributed by atoms with van der Waals surface area (Å²) in [7, 11) is 0. The lowest BCUT2D eigenvalue weighted by Crippen LogP contribution is -2.44. The van der Waals surface area contributed by atoms with Crippen molar-refractivity contribution in [3.8, 4) is 0 Å². The number of aliphatic hydroxyl groups is 1. The lowest BCUT2D eigenvalue weighted by atomic mass is 9.77. The first kappa shape index (κ1) is 17.7. The maximum atomic E-state index is 12.5. The number of rotatable bonds is 4. The van der Waals surface area contributed by atoms with Crippen molar-refractivity contribution in [1.29, 1.82) is 0 Å². The quantitative estimate of drug-likeness (QED) is 0.848. The van der Waals surface area contributed by atoms with E-state index in [-0.39, 0.29) is 29.6 Å². The molecular formula is C19H26N2O4. The zero-order chi connectivity index (χ0) is 18.0. The Morgan fingerprint density at radius 1 is 1.32 bits per heavy atom. The molecule has 0 unspecified atom stereocenters. The summed E-state index contributed by atoms with van der Waals surface area (Å²) < 4.78 is 5.34. The molecule has 6 nitrogen and oxygen atoms in total. The van der Waals surface area contributed by atoms with Gasteiger partial charge < -0.3 is 19.3 Å². The number of hydrogen-bond acceptors (Lipinski definition) is 4. The van der Waals surface area contributed by atoms with E-state index < -0.39 is 0 Å². The molecule has 1 spiro atoms. The SMILES string of the molecule is CC(C)=CCN1CC2(CCN(C(=O)c3ccc(CO)o3)CC2)CC1=O. The van der Waals surface area contributed by atoms with Crippen LogP contribution in [-0.2, 0) is 11.4 Å². The second-order valence-electron chi connectivity index (χ2n) is 7.45. The van der Waals surface area contributed by atoms with E-state index in [0.717, 1.165) is 19.4 Å². The van der Waals surface area contributed by atoms with Crippen LogP contribution in [-0.4, -0.2) is 52.9 Å². The molecule has 6 heteroatoms. The third kappa shape index (κ3) is 3.79. The highest BCUT2D eigenvalue weighted by Crippen LogP contribution is 2.41. The van der Waals surface area contributed by atoms with Crippen LogP contribution in [0.4, 0.5) is 0 Å². The highest BCUT2D eigenvalue weighted by atomic mass is 16.4. The number of hydrogen-bond donors (Lipinski definition) is 1. The standard InChI is InChI=1S/C19H26N2O4/c1-14(2)5-8-21-13-19(11-17(21)23)6-9-20(10-7-19)18(24)16-4-3-15(12-22)25-16/h3-5,22H,6-13H2,1-2H3. The number of amides is 2. The van der Waals surface area contributed by atoms with Crippen LogP contribution in [0.1, 0.15) is 49.4 Å². The van der Waals surface area contributed by atoms with Gasteiger partial charge in [0.15, 0.2) is 5.76 Å². The summed E-state index contributed by atoms with van der Waals surface area (Å²) in [4.78, 5) is 28.5. The van der Waals surface area contributed by atoms with Crippen LogP contribution in [0.15, 0.2) is 28.2 Å². The van der Waals surface area contributed by atoms with Gasteiger partial charge in [-0.05, 0) is 38.8 Å². The Labute approximate surface area is 148 Å². The van der Waals surface area contributed by atoms with Crippen molar-refractivity contribution in [2.24, 2.45) is 5.41 Å². The van der Waals surface area contributed by atoms with Crippen LogP contribution in [0.3, 0.4) is 0 Å². The molecule has 25 heavy (non-hydrogen) atoms. The Balaban J connectivity index is 1.59. The molecule has 136 valence electrons. The molecule has 3 rings (SSSR count). The van der Waals surface area contributed by atoms with Gasteiger partial charge >= 0.3 is 0 Å². The Morgan fingerprint density at radius 3 is 2.64 bits per heavy atom. The van der Waals surface area contributed by atoms with Gasteiger partial charge in [-0.3, -0.25) is 9.59 Å². The fourth-order valence-electron chi connectivity index (χ4n) is 3.69. The van der Waals surface area contributed by atoms with Gasteiger partial charge in [0.1, 0.15) is 12.4 Å². The maximum Gasteiger partial charge on any atom is 0.289 e. The molecule has 0 atom stereocenters. The smallest absolute Gasteiger partial charge is 0.289 e. The number of allylic oxidation sites excluding steroid dienone is 1. The van der Waals surface area contributed by atoms with Crippen LogP contribution < -0.4 is 0 Å². The van der Waals surface area contributed by atoms with E-state index in [4.69, 9.17) is 9.52 Å². The minimum atomic E-state index is -0.208. The lowest BCUT2D eigenvalue weighted by molar-refractivity contribution is -0.127. The predicted molar refractivity (Wildman–Crippen MR) is 92.8 cm³/mol. The van der Waals surface area contributed by atoms with Crippen molar-refractivity contribution in [2.45, 2.75) is 39.7 Å². The fourth-order valence-corrected chi connectivity index (χ4v) is 3.69. The summed E-state index contributed by atoms with van der Waals surface area (Å²) in [6, 6.07) is 3.23. The molecule has 2 fully saturated rings. The van der Waals surface area contributed by atoms with E-state index in [1.54, 1.807) is 17.0 Å². The Kier molecular flexibility index (Phi) is 4.99. The zero-order valence-electron chi connectivity index (χ0n) is 15.0. The van der Waals surface area contributed by atoms with E-state index in [0.29, 0.717) is 31.8 Å². The average Bonchev–Trinajstić information content (AvgIpc) is 3.18. The van der Waals surface area contributed by atoms with Gasteiger partial charge in [-0.2, -0.15) is 0 Å². The number of aliphatic hydroxyl groups excluding tert-OH is 1. The van der Waals surface area contributed by atoms with Gasteiger partial charge in [-0.25, -0.2) is 0 Å². The fraction of sp³-hybridized carbons (Fsp3) is 0.579. The normalized spacial score (nSPS) is 19.6. The second kappa shape index (κ2) is 7.04. The summed E-state index contributed by atoms with van der Waals surface area (Å²) in [5.41, 5.74) is 1.22. The van der Waals surface area contributed by atoms with Gasteiger partial charge in [0, 0.05) is 38.0 Å². The summed E-state index contributed by atoms with van der Waals surface area (Å²) in [6.45, 7) is 6.61. The van der Waals surface area contributed by atoms with Crippen LogP contribution in [0.5, 0.6) is 0 Å². The van der Waals surface area contributed by atoms with Crippen molar-refractivity contribution in [3.05, 3.63) is 35.3 Å². The molecule has 0 saturated carbocycles. The molecule has 0 aromatic carbocycles. The highest BCUT2D eigenvalue weighted by Gasteiger charge is 2.45. The first-order valence-electron chi connectivity index (χ1n) is 8.82. The molecular weight excluding hydrogens is 320 g/mol. The molecule has 1 N–H and O–H groups in total. The van der Waals surface area contributed by atoms with Gasteiger partial charge in [-0.1, -0.05) is 11.6 Å². The van der Waals surface area contributed by atoms with E-state index >= 15 is 0 Å². The topological polar surface area (TPSA) is 74.0 Å². The maximum absolute atomic E-state index is 12.5. The third-order valence-electron chi connectivity index (χ3n) is 5.26. The second-order valence-corrected chi connectivity index (χ2v) is 7.45. The lowest BCUT2D eigenvalue weighted by Gasteiger charge is -2.38. The number of nitrogens with zero attached hydrogens (tertiary/aromatic N) is 2. The number of carbonyl (C=O) groups excluding carboxylic acids is 2. The molecule has 2 saturated heterocycles. The van der Waals surface area contributed by atoms with Gasteiger partial charge in [-0.15, -0.1) is 0 Å². The Morgan fingerprint density at radius 2 is 2.04 bits per heavy atom. The molecule has 2 aliphatic rings. The van der Waals surface area contributed by atoms with E-state index in [9.17, 15) is 9.59 Å².